The number of thiol groups is 1. The Morgan fingerprint density at radius 2 is 2.17 bits per heavy atom. The standard InChI is InChI=1S/C11H17NO5S/c1-16-9(13)5-4-8(18)11(15)17-10(14)7-3-2-6-12-7/h7-8,12,18H,2-6H2,1H3/t7-,8?/m0/s1. The van der Waals surface area contributed by atoms with Crippen molar-refractivity contribution >= 4 is 30.5 Å². The SMILES string of the molecule is COC(=O)CCC(S)C(=O)OC(=O)[C@@H]1CCCN1. The molecule has 1 saturated heterocycles. The summed E-state index contributed by atoms with van der Waals surface area (Å²) in [6.07, 6.45) is 1.81. The van der Waals surface area contributed by atoms with Gasteiger partial charge in [0.2, 0.25) is 0 Å². The average Bonchev–Trinajstić information content (AvgIpc) is 2.89. The molecule has 0 saturated carbocycles. The number of rotatable bonds is 5. The fraction of sp³-hybridized carbons (Fsp3) is 0.727. The highest BCUT2D eigenvalue weighted by Gasteiger charge is 2.27. The molecule has 102 valence electrons. The van der Waals surface area contributed by atoms with Crippen LogP contribution in [0.5, 0.6) is 0 Å². The molecule has 1 unspecified atom stereocenters. The number of hydrogen-bond donors (Lipinski definition) is 2. The van der Waals surface area contributed by atoms with E-state index in [1.165, 1.54) is 7.11 Å². The van der Waals surface area contributed by atoms with Crippen LogP contribution in [0.15, 0.2) is 0 Å². The van der Waals surface area contributed by atoms with Crippen LogP contribution in [0.4, 0.5) is 0 Å². The Morgan fingerprint density at radius 3 is 2.72 bits per heavy atom. The molecule has 1 N–H and O–H groups in total. The first-order chi connectivity index (χ1) is 8.54. The van der Waals surface area contributed by atoms with Gasteiger partial charge in [-0.3, -0.25) is 9.59 Å². The van der Waals surface area contributed by atoms with Gasteiger partial charge in [-0.25, -0.2) is 4.79 Å². The van der Waals surface area contributed by atoms with Crippen LogP contribution >= 0.6 is 12.6 Å². The van der Waals surface area contributed by atoms with Crippen LogP contribution in [-0.2, 0) is 23.9 Å². The van der Waals surface area contributed by atoms with Crippen molar-refractivity contribution in [3.8, 4) is 0 Å². The predicted molar refractivity (Wildman–Crippen MR) is 66.1 cm³/mol. The summed E-state index contributed by atoms with van der Waals surface area (Å²) in [6.45, 7) is 0.751. The fourth-order valence-electron chi connectivity index (χ4n) is 1.60. The lowest BCUT2D eigenvalue weighted by Crippen LogP contribution is -2.35. The maximum Gasteiger partial charge on any atom is 0.330 e. The lowest BCUT2D eigenvalue weighted by molar-refractivity contribution is -0.160. The molecule has 0 bridgehead atoms. The lowest BCUT2D eigenvalue weighted by Gasteiger charge is -2.12. The van der Waals surface area contributed by atoms with E-state index in [1.807, 2.05) is 0 Å². The van der Waals surface area contributed by atoms with Gasteiger partial charge in [-0.05, 0) is 25.8 Å². The van der Waals surface area contributed by atoms with E-state index in [1.54, 1.807) is 0 Å². The van der Waals surface area contributed by atoms with Crippen LogP contribution < -0.4 is 5.32 Å². The van der Waals surface area contributed by atoms with Crippen molar-refractivity contribution in [2.24, 2.45) is 0 Å². The molecule has 2 atom stereocenters. The second-order valence-electron chi connectivity index (χ2n) is 4.02. The average molecular weight is 275 g/mol. The minimum absolute atomic E-state index is 0.0651. The molecular formula is C11H17NO5S. The molecule has 0 aromatic heterocycles. The van der Waals surface area contributed by atoms with Gasteiger partial charge in [-0.1, -0.05) is 0 Å². The first-order valence-electron chi connectivity index (χ1n) is 5.78. The zero-order valence-electron chi connectivity index (χ0n) is 10.2. The van der Waals surface area contributed by atoms with E-state index in [0.29, 0.717) is 6.42 Å². The Bertz CT molecular complexity index is 327. The van der Waals surface area contributed by atoms with E-state index in [0.717, 1.165) is 13.0 Å². The number of carbonyl (C=O) groups is 3. The normalized spacial score (nSPS) is 20.2. The molecule has 0 aromatic rings. The van der Waals surface area contributed by atoms with Crippen molar-refractivity contribution in [1.82, 2.24) is 5.32 Å². The topological polar surface area (TPSA) is 81.7 Å². The third-order valence-corrected chi connectivity index (χ3v) is 3.14. The van der Waals surface area contributed by atoms with Crippen molar-refractivity contribution in [3.05, 3.63) is 0 Å². The van der Waals surface area contributed by atoms with Gasteiger partial charge in [0.25, 0.3) is 0 Å². The Hall–Kier alpha value is -1.08. The van der Waals surface area contributed by atoms with Crippen LogP contribution in [0, 0.1) is 0 Å². The molecule has 0 radical (unpaired) electrons. The Labute approximate surface area is 111 Å². The van der Waals surface area contributed by atoms with Crippen molar-refractivity contribution in [3.63, 3.8) is 0 Å². The molecule has 1 fully saturated rings. The van der Waals surface area contributed by atoms with Gasteiger partial charge in [0.1, 0.15) is 11.3 Å². The maximum absolute atomic E-state index is 11.5. The van der Waals surface area contributed by atoms with Gasteiger partial charge in [0, 0.05) is 6.42 Å². The Morgan fingerprint density at radius 1 is 1.44 bits per heavy atom. The van der Waals surface area contributed by atoms with Gasteiger partial charge >= 0.3 is 17.9 Å². The smallest absolute Gasteiger partial charge is 0.330 e. The Balaban J connectivity index is 2.30. The minimum atomic E-state index is -0.797. The zero-order chi connectivity index (χ0) is 13.5. The number of carbonyl (C=O) groups excluding carboxylic acids is 3. The molecule has 1 aliphatic heterocycles. The maximum atomic E-state index is 11.5. The summed E-state index contributed by atoms with van der Waals surface area (Å²) >= 11 is 4.00. The third-order valence-electron chi connectivity index (χ3n) is 2.67. The summed E-state index contributed by atoms with van der Waals surface area (Å²) < 4.78 is 9.13. The molecule has 6 nitrogen and oxygen atoms in total. The first-order valence-corrected chi connectivity index (χ1v) is 6.30. The lowest BCUT2D eigenvalue weighted by atomic mass is 10.2. The van der Waals surface area contributed by atoms with Crippen LogP contribution in [0.1, 0.15) is 25.7 Å². The van der Waals surface area contributed by atoms with Crippen molar-refractivity contribution in [1.29, 1.82) is 0 Å². The van der Waals surface area contributed by atoms with Gasteiger partial charge in [0.05, 0.1) is 7.11 Å². The zero-order valence-corrected chi connectivity index (χ0v) is 11.1. The highest BCUT2D eigenvalue weighted by molar-refractivity contribution is 7.81. The van der Waals surface area contributed by atoms with E-state index in [9.17, 15) is 14.4 Å². The summed E-state index contributed by atoms with van der Waals surface area (Å²) in [6, 6.07) is -0.407. The first kappa shape index (κ1) is 15.0. The fourth-order valence-corrected chi connectivity index (χ4v) is 1.78. The van der Waals surface area contributed by atoms with Crippen LogP contribution in [-0.4, -0.2) is 42.9 Å². The van der Waals surface area contributed by atoms with E-state index in [2.05, 4.69) is 22.7 Å². The molecule has 0 spiro atoms. The number of hydrogen-bond acceptors (Lipinski definition) is 7. The molecule has 1 heterocycles. The summed E-state index contributed by atoms with van der Waals surface area (Å²) in [5.41, 5.74) is 0. The minimum Gasteiger partial charge on any atom is -0.469 e. The highest BCUT2D eigenvalue weighted by Crippen LogP contribution is 2.11. The molecule has 0 aliphatic carbocycles. The Kier molecular flexibility index (Phi) is 6.14. The second kappa shape index (κ2) is 7.38. The van der Waals surface area contributed by atoms with Gasteiger partial charge < -0.3 is 14.8 Å². The van der Waals surface area contributed by atoms with Gasteiger partial charge in [-0.2, -0.15) is 12.6 Å². The summed E-state index contributed by atoms with van der Waals surface area (Å²) in [5.74, 6) is -1.72. The van der Waals surface area contributed by atoms with Crippen molar-refractivity contribution < 1.29 is 23.9 Å². The monoisotopic (exact) mass is 275 g/mol. The second-order valence-corrected chi connectivity index (χ2v) is 4.64. The number of esters is 3. The number of methoxy groups -OCH3 is 1. The van der Waals surface area contributed by atoms with E-state index < -0.39 is 29.2 Å². The third kappa shape index (κ3) is 4.66. The van der Waals surface area contributed by atoms with E-state index in [4.69, 9.17) is 4.74 Å². The molecule has 18 heavy (non-hydrogen) atoms. The van der Waals surface area contributed by atoms with E-state index >= 15 is 0 Å². The van der Waals surface area contributed by atoms with Crippen LogP contribution in [0.3, 0.4) is 0 Å². The number of ether oxygens (including phenoxy) is 2. The molecule has 0 aromatic carbocycles. The summed E-state index contributed by atoms with van der Waals surface area (Å²) in [5, 5.41) is 2.14. The number of nitrogens with one attached hydrogen (secondary N) is 1. The molecular weight excluding hydrogens is 258 g/mol. The largest absolute Gasteiger partial charge is 0.469 e. The van der Waals surface area contributed by atoms with Crippen molar-refractivity contribution in [2.75, 3.05) is 13.7 Å². The van der Waals surface area contributed by atoms with Crippen LogP contribution in [0.25, 0.3) is 0 Å². The predicted octanol–water partition coefficient (Wildman–Crippen LogP) is 0.0598. The quantitative estimate of drug-likeness (QED) is 0.419. The summed E-state index contributed by atoms with van der Waals surface area (Å²) in [7, 11) is 1.27. The summed E-state index contributed by atoms with van der Waals surface area (Å²) in [4.78, 5) is 33.9. The molecule has 0 amide bonds. The van der Waals surface area contributed by atoms with Gasteiger partial charge in [0.15, 0.2) is 0 Å². The van der Waals surface area contributed by atoms with Crippen LogP contribution in [0.2, 0.25) is 0 Å². The van der Waals surface area contributed by atoms with Gasteiger partial charge in [-0.15, -0.1) is 0 Å². The molecule has 1 rings (SSSR count). The van der Waals surface area contributed by atoms with Crippen molar-refractivity contribution in [2.45, 2.75) is 37.0 Å². The van der Waals surface area contributed by atoms with E-state index in [-0.39, 0.29) is 12.8 Å². The molecule has 7 heteroatoms. The highest BCUT2D eigenvalue weighted by atomic mass is 32.1. The molecule has 1 aliphatic rings.